The van der Waals surface area contributed by atoms with E-state index >= 15 is 0 Å². The van der Waals surface area contributed by atoms with Crippen molar-refractivity contribution in [3.8, 4) is 0 Å². The van der Waals surface area contributed by atoms with E-state index in [4.69, 9.17) is 0 Å². The van der Waals surface area contributed by atoms with Crippen molar-refractivity contribution in [1.29, 1.82) is 0 Å². The zero-order chi connectivity index (χ0) is 42.1. The summed E-state index contributed by atoms with van der Waals surface area (Å²) in [5.74, 6) is 5.74. The van der Waals surface area contributed by atoms with Gasteiger partial charge in [0.05, 0.1) is 23.4 Å². The molecule has 0 saturated heterocycles. The average molecular weight is 799 g/mol. The van der Waals surface area contributed by atoms with Crippen LogP contribution in [0.3, 0.4) is 0 Å². The van der Waals surface area contributed by atoms with Crippen LogP contribution in [0.4, 0.5) is 0 Å². The lowest BCUT2D eigenvalue weighted by Gasteiger charge is -2.55. The summed E-state index contributed by atoms with van der Waals surface area (Å²) in [6.07, 6.45) is 34.8. The Kier molecular flexibility index (Phi) is 12.6. The van der Waals surface area contributed by atoms with Crippen LogP contribution in [0.1, 0.15) is 185 Å². The number of allylic oxidation sites excluding steroid dienone is 7. The van der Waals surface area contributed by atoms with E-state index in [1.54, 1.807) is 11.1 Å². The summed E-state index contributed by atoms with van der Waals surface area (Å²) < 4.78 is 0. The van der Waals surface area contributed by atoms with Gasteiger partial charge in [0.2, 0.25) is 0 Å². The molecule has 14 atom stereocenters. The van der Waals surface area contributed by atoms with Crippen LogP contribution in [0, 0.1) is 69.0 Å². The van der Waals surface area contributed by atoms with Crippen molar-refractivity contribution in [3.05, 3.63) is 58.7 Å². The minimum absolute atomic E-state index is 0.126. The van der Waals surface area contributed by atoms with Crippen molar-refractivity contribution in [2.75, 3.05) is 0 Å². The Hall–Kier alpha value is -1.46. The van der Waals surface area contributed by atoms with Gasteiger partial charge in [-0.3, -0.25) is 0 Å². The fourth-order valence-electron chi connectivity index (χ4n) is 15.6. The van der Waals surface area contributed by atoms with Crippen LogP contribution in [-0.4, -0.2) is 43.8 Å². The summed E-state index contributed by atoms with van der Waals surface area (Å²) >= 11 is 0. The minimum atomic E-state index is -0.615. The lowest BCUT2D eigenvalue weighted by atomic mass is 9.50. The maximum absolute atomic E-state index is 10.2. The molecule has 0 aromatic carbocycles. The Morgan fingerprint density at radius 1 is 0.621 bits per heavy atom. The predicted molar refractivity (Wildman–Crippen MR) is 241 cm³/mol. The second-order valence-electron chi connectivity index (χ2n) is 24.0. The summed E-state index contributed by atoms with van der Waals surface area (Å²) in [6, 6.07) is 0. The van der Waals surface area contributed by atoms with Gasteiger partial charge >= 0.3 is 0 Å². The number of rotatable bonds is 9. The zero-order valence-electron chi connectivity index (χ0n) is 38.8. The maximum Gasteiger partial charge on any atom is 0.0626 e. The van der Waals surface area contributed by atoms with Gasteiger partial charge in [0.15, 0.2) is 0 Å². The fraction of sp³-hybridized carbons (Fsp3) is 0.815. The highest BCUT2D eigenvalue weighted by Crippen LogP contribution is 2.68. The summed E-state index contributed by atoms with van der Waals surface area (Å²) in [4.78, 5) is 0. The lowest BCUT2D eigenvalue weighted by Crippen LogP contribution is -2.46. The number of aliphatic hydroxyl groups is 4. The fourth-order valence-corrected chi connectivity index (χ4v) is 15.6. The number of hydrogen-bond acceptors (Lipinski definition) is 4. The van der Waals surface area contributed by atoms with Crippen molar-refractivity contribution >= 4 is 0 Å². The van der Waals surface area contributed by atoms with Crippen LogP contribution in [0.25, 0.3) is 0 Å². The Morgan fingerprint density at radius 2 is 1.10 bits per heavy atom. The van der Waals surface area contributed by atoms with Crippen LogP contribution in [0.5, 0.6) is 0 Å². The molecule has 0 spiro atoms. The highest BCUT2D eigenvalue weighted by Gasteiger charge is 2.58. The van der Waals surface area contributed by atoms with E-state index in [1.807, 2.05) is 27.7 Å². The second kappa shape index (κ2) is 16.3. The molecule has 6 saturated carbocycles. The molecule has 6 fully saturated rings. The van der Waals surface area contributed by atoms with Gasteiger partial charge in [0.25, 0.3) is 0 Å². The quantitative estimate of drug-likeness (QED) is 0.175. The first-order chi connectivity index (χ1) is 27.1. The van der Waals surface area contributed by atoms with Gasteiger partial charge in [0.1, 0.15) is 0 Å². The largest absolute Gasteiger partial charge is 0.393 e. The molecule has 0 aromatic rings. The van der Waals surface area contributed by atoms with Gasteiger partial charge in [-0.15, -0.1) is 0 Å². The topological polar surface area (TPSA) is 80.9 Å². The SMILES string of the molecule is C[C@H](/C=C/CC(C)(C)O)[C@H]1CC[C@H]2C3=CC=C4C[C@@H](O)CC[C@]4(C)[C@H]3CC[C@]12C.C[C@H](CCCC(C)(C)O)[C@H]1CC[C@H]2C3=CC=C4C[C@@H](O)CC[C@]4(C)[C@H]3CC[C@]12C. The number of hydrogen-bond donors (Lipinski definition) is 4. The average Bonchev–Trinajstić information content (AvgIpc) is 3.68. The van der Waals surface area contributed by atoms with E-state index in [0.29, 0.717) is 34.0 Å². The molecule has 0 heterocycles. The molecule has 8 aliphatic rings. The zero-order valence-corrected chi connectivity index (χ0v) is 38.8. The van der Waals surface area contributed by atoms with E-state index < -0.39 is 11.2 Å². The predicted octanol–water partition coefficient (Wildman–Crippen LogP) is 12.6. The minimum Gasteiger partial charge on any atom is -0.393 e. The van der Waals surface area contributed by atoms with Gasteiger partial charge in [-0.25, -0.2) is 0 Å². The van der Waals surface area contributed by atoms with Crippen LogP contribution in [-0.2, 0) is 0 Å². The molecule has 0 aromatic heterocycles. The normalized spacial score (nSPS) is 43.1. The molecule has 4 nitrogen and oxygen atoms in total. The smallest absolute Gasteiger partial charge is 0.0626 e. The molecule has 0 amide bonds. The van der Waals surface area contributed by atoms with Crippen LogP contribution >= 0.6 is 0 Å². The van der Waals surface area contributed by atoms with Crippen molar-refractivity contribution < 1.29 is 20.4 Å². The van der Waals surface area contributed by atoms with E-state index in [0.717, 1.165) is 87.4 Å². The molecule has 0 unspecified atom stereocenters. The molecular formula is C54H86O4. The number of aliphatic hydroxyl groups excluding tert-OH is 2. The van der Waals surface area contributed by atoms with Crippen molar-refractivity contribution in [2.24, 2.45) is 69.0 Å². The van der Waals surface area contributed by atoms with Crippen molar-refractivity contribution in [2.45, 2.75) is 208 Å². The summed E-state index contributed by atoms with van der Waals surface area (Å²) in [6.45, 7) is 22.7. The molecule has 8 rings (SSSR count). The summed E-state index contributed by atoms with van der Waals surface area (Å²) in [7, 11) is 0. The molecule has 4 heteroatoms. The molecular weight excluding hydrogens is 713 g/mol. The molecule has 326 valence electrons. The monoisotopic (exact) mass is 799 g/mol. The van der Waals surface area contributed by atoms with E-state index in [9.17, 15) is 20.4 Å². The third-order valence-corrected chi connectivity index (χ3v) is 19.1. The third kappa shape index (κ3) is 8.39. The highest BCUT2D eigenvalue weighted by atomic mass is 16.3. The van der Waals surface area contributed by atoms with Gasteiger partial charge in [-0.2, -0.15) is 0 Å². The summed E-state index contributed by atoms with van der Waals surface area (Å²) in [5.41, 5.74) is 6.79. The van der Waals surface area contributed by atoms with Gasteiger partial charge in [0, 0.05) is 0 Å². The lowest BCUT2D eigenvalue weighted by molar-refractivity contribution is 0.0298. The van der Waals surface area contributed by atoms with Crippen molar-refractivity contribution in [3.63, 3.8) is 0 Å². The standard InChI is InChI=1S/C27H44O2.C27H42O2/c2*1-18(7-6-14-25(2,3)29)22-10-11-23-21-9-8-19-17-20(28)12-15-26(19,4)24(21)13-16-27(22,23)5/h8-9,18,20,22-24,28-29H,6-7,10-17H2,1-5H3;6-9,18,20,22-24,28-29H,10-17H2,1-5H3/b;7-6+/t2*18-,20+,22-,23+,24+,26+,27-/m11/s1. The molecule has 0 radical (unpaired) electrons. The Morgan fingerprint density at radius 3 is 1.59 bits per heavy atom. The first kappa shape index (κ1) is 44.6. The molecule has 0 bridgehead atoms. The Balaban J connectivity index is 0.000000177. The van der Waals surface area contributed by atoms with Gasteiger partial charge < -0.3 is 20.4 Å². The van der Waals surface area contributed by atoms with Crippen LogP contribution in [0.15, 0.2) is 58.7 Å². The highest BCUT2D eigenvalue weighted by molar-refractivity contribution is 5.40. The van der Waals surface area contributed by atoms with Crippen LogP contribution in [0.2, 0.25) is 0 Å². The first-order valence-electron chi connectivity index (χ1n) is 24.4. The Labute approximate surface area is 355 Å². The second-order valence-corrected chi connectivity index (χ2v) is 24.0. The molecule has 0 aliphatic heterocycles. The first-order valence-corrected chi connectivity index (χ1v) is 24.4. The Bertz CT molecular complexity index is 1650. The van der Waals surface area contributed by atoms with Gasteiger partial charge in [-0.1, -0.05) is 113 Å². The van der Waals surface area contributed by atoms with E-state index in [-0.39, 0.29) is 17.6 Å². The molecule has 4 N–H and O–H groups in total. The maximum atomic E-state index is 10.2. The third-order valence-electron chi connectivity index (χ3n) is 19.1. The summed E-state index contributed by atoms with van der Waals surface area (Å²) in [5, 5.41) is 40.5. The van der Waals surface area contributed by atoms with Crippen molar-refractivity contribution in [1.82, 2.24) is 0 Å². The van der Waals surface area contributed by atoms with E-state index in [2.05, 4.69) is 78.0 Å². The molecule has 58 heavy (non-hydrogen) atoms. The number of fused-ring (bicyclic) bond motifs is 10. The van der Waals surface area contributed by atoms with Crippen LogP contribution < -0.4 is 0 Å². The van der Waals surface area contributed by atoms with E-state index in [1.165, 1.54) is 68.9 Å². The molecule has 8 aliphatic carbocycles. The van der Waals surface area contributed by atoms with Gasteiger partial charge in [-0.05, 0) is 199 Å².